The molecule has 2 fully saturated rings. The zero-order chi connectivity index (χ0) is 19.4. The van der Waals surface area contributed by atoms with E-state index in [1.54, 1.807) is 12.1 Å². The number of hydrogen-bond acceptors (Lipinski definition) is 5. The quantitative estimate of drug-likeness (QED) is 0.695. The van der Waals surface area contributed by atoms with E-state index >= 15 is 0 Å². The van der Waals surface area contributed by atoms with Crippen molar-refractivity contribution in [1.29, 1.82) is 0 Å². The fraction of sp³-hybridized carbons (Fsp3) is 0.632. The lowest BCUT2D eigenvalue weighted by Crippen LogP contribution is -2.43. The number of carbonyl (C=O) groups is 1. The van der Waals surface area contributed by atoms with E-state index in [1.807, 2.05) is 0 Å². The van der Waals surface area contributed by atoms with Crippen LogP contribution in [0.1, 0.15) is 42.5 Å². The predicted molar refractivity (Wildman–Crippen MR) is 121 cm³/mol. The molecule has 0 saturated carbocycles. The number of anilines is 1. The van der Waals surface area contributed by atoms with Crippen molar-refractivity contribution in [1.82, 2.24) is 14.9 Å². The predicted octanol–water partition coefficient (Wildman–Crippen LogP) is 2.25. The van der Waals surface area contributed by atoms with Gasteiger partial charge in [-0.2, -0.15) is 0 Å². The van der Waals surface area contributed by atoms with Gasteiger partial charge in [0.25, 0.3) is 5.91 Å². The van der Waals surface area contributed by atoms with Crippen molar-refractivity contribution in [3.8, 4) is 0 Å². The molecule has 1 aromatic rings. The molecule has 0 spiro atoms. The lowest BCUT2D eigenvalue weighted by Gasteiger charge is -2.31. The average molecular weight is 467 g/mol. The molecule has 2 saturated heterocycles. The summed E-state index contributed by atoms with van der Waals surface area (Å²) in [7, 11) is -0.583. The van der Waals surface area contributed by atoms with Crippen molar-refractivity contribution in [3.05, 3.63) is 23.8 Å². The highest BCUT2D eigenvalue weighted by molar-refractivity contribution is 7.89. The Morgan fingerprint density at radius 3 is 2.31 bits per heavy atom. The molecule has 3 rings (SSSR count). The summed E-state index contributed by atoms with van der Waals surface area (Å²) in [6, 6.07) is 5.07. The van der Waals surface area contributed by atoms with Crippen molar-refractivity contribution >= 4 is 46.4 Å². The second-order valence-corrected chi connectivity index (χ2v) is 9.66. The van der Waals surface area contributed by atoms with Gasteiger partial charge in [0.15, 0.2) is 0 Å². The highest BCUT2D eigenvalue weighted by atomic mass is 35.5. The maximum absolute atomic E-state index is 13.1. The molecule has 10 heteroatoms. The first-order valence-electron chi connectivity index (χ1n) is 9.72. The van der Waals surface area contributed by atoms with Gasteiger partial charge < -0.3 is 15.5 Å². The number of hydrogen-bond donors (Lipinski definition) is 2. The van der Waals surface area contributed by atoms with Gasteiger partial charge in [-0.15, -0.1) is 24.8 Å². The fourth-order valence-corrected chi connectivity index (χ4v) is 4.64. The van der Waals surface area contributed by atoms with Crippen molar-refractivity contribution in [2.45, 2.75) is 43.0 Å². The molecule has 29 heavy (non-hydrogen) atoms. The van der Waals surface area contributed by atoms with E-state index in [0.717, 1.165) is 57.5 Å². The SMILES string of the molecule is CN(C)S(=O)(=O)c1ccc(N2CCCCC2)c(C(=O)NC2CCNCC2)c1.Cl.Cl. The van der Waals surface area contributed by atoms with Gasteiger partial charge in [-0.05, 0) is 63.4 Å². The van der Waals surface area contributed by atoms with E-state index in [9.17, 15) is 13.2 Å². The topological polar surface area (TPSA) is 81.8 Å². The maximum Gasteiger partial charge on any atom is 0.253 e. The van der Waals surface area contributed by atoms with Gasteiger partial charge in [0.2, 0.25) is 10.0 Å². The molecule has 0 bridgehead atoms. The molecule has 0 radical (unpaired) electrons. The van der Waals surface area contributed by atoms with E-state index in [4.69, 9.17) is 0 Å². The zero-order valence-corrected chi connectivity index (χ0v) is 19.5. The first kappa shape index (κ1) is 26.0. The molecule has 2 N–H and O–H groups in total. The molecular weight excluding hydrogens is 435 g/mol. The third kappa shape index (κ3) is 6.21. The number of piperidine rings is 2. The third-order valence-electron chi connectivity index (χ3n) is 5.36. The van der Waals surface area contributed by atoms with Gasteiger partial charge >= 0.3 is 0 Å². The Bertz CT molecular complexity index is 778. The van der Waals surface area contributed by atoms with Gasteiger partial charge in [0.05, 0.1) is 10.5 Å². The normalized spacial score (nSPS) is 18.0. The van der Waals surface area contributed by atoms with E-state index in [0.29, 0.717) is 5.56 Å². The van der Waals surface area contributed by atoms with Crippen LogP contribution in [-0.4, -0.2) is 64.9 Å². The van der Waals surface area contributed by atoms with E-state index in [-0.39, 0.29) is 41.7 Å². The lowest BCUT2D eigenvalue weighted by molar-refractivity contribution is 0.0929. The van der Waals surface area contributed by atoms with Crippen molar-refractivity contribution < 1.29 is 13.2 Å². The van der Waals surface area contributed by atoms with E-state index in [1.165, 1.54) is 30.9 Å². The van der Waals surface area contributed by atoms with Crippen molar-refractivity contribution in [2.24, 2.45) is 0 Å². The highest BCUT2D eigenvalue weighted by Gasteiger charge is 2.25. The number of amides is 1. The molecule has 0 aliphatic carbocycles. The van der Waals surface area contributed by atoms with Crippen molar-refractivity contribution in [3.63, 3.8) is 0 Å². The number of nitrogens with zero attached hydrogens (tertiary/aromatic N) is 2. The summed E-state index contributed by atoms with van der Waals surface area (Å²) in [5.41, 5.74) is 1.29. The number of rotatable bonds is 5. The molecule has 1 amide bonds. The number of carbonyl (C=O) groups excluding carboxylic acids is 1. The maximum atomic E-state index is 13.1. The van der Waals surface area contributed by atoms with Crippen LogP contribution in [0.15, 0.2) is 23.1 Å². The Morgan fingerprint density at radius 1 is 1.10 bits per heavy atom. The van der Waals surface area contributed by atoms with Crippen molar-refractivity contribution in [2.75, 3.05) is 45.2 Å². The van der Waals surface area contributed by atoms with Gasteiger partial charge in [0.1, 0.15) is 0 Å². The number of benzene rings is 1. The lowest BCUT2D eigenvalue weighted by atomic mass is 10.0. The summed E-state index contributed by atoms with van der Waals surface area (Å²) in [4.78, 5) is 15.4. The van der Waals surface area contributed by atoms with Crippen LogP contribution < -0.4 is 15.5 Å². The van der Waals surface area contributed by atoms with Crippen LogP contribution in [0, 0.1) is 0 Å². The van der Waals surface area contributed by atoms with Crippen LogP contribution >= 0.6 is 24.8 Å². The zero-order valence-electron chi connectivity index (χ0n) is 17.0. The Labute approximate surface area is 186 Å². The van der Waals surface area contributed by atoms with Crippen LogP contribution in [-0.2, 0) is 10.0 Å². The largest absolute Gasteiger partial charge is 0.371 e. The molecule has 1 aromatic carbocycles. The minimum atomic E-state index is -3.59. The van der Waals surface area contributed by atoms with Crippen LogP contribution in [0.5, 0.6) is 0 Å². The van der Waals surface area contributed by atoms with Crippen LogP contribution in [0.4, 0.5) is 5.69 Å². The standard InChI is InChI=1S/C19H30N4O3S.2ClH/c1-22(2)27(25,26)16-6-7-18(23-12-4-3-5-13-23)17(14-16)19(24)21-15-8-10-20-11-9-15;;/h6-7,14-15,20H,3-5,8-13H2,1-2H3,(H,21,24);2*1H. The summed E-state index contributed by atoms with van der Waals surface area (Å²) >= 11 is 0. The Balaban J connectivity index is 0.00000210. The smallest absolute Gasteiger partial charge is 0.253 e. The Morgan fingerprint density at radius 2 is 1.72 bits per heavy atom. The van der Waals surface area contributed by atoms with Gasteiger partial charge in [0, 0.05) is 38.9 Å². The molecule has 166 valence electrons. The fourth-order valence-electron chi connectivity index (χ4n) is 3.71. The molecule has 0 atom stereocenters. The number of sulfonamides is 1. The van der Waals surface area contributed by atoms with Crippen LogP contribution in [0.2, 0.25) is 0 Å². The summed E-state index contributed by atoms with van der Waals surface area (Å²) in [6.45, 7) is 3.57. The Hall–Kier alpha value is -1.06. The summed E-state index contributed by atoms with van der Waals surface area (Å²) in [5.74, 6) is -0.182. The molecule has 0 aromatic heterocycles. The van der Waals surface area contributed by atoms with Crippen LogP contribution in [0.25, 0.3) is 0 Å². The average Bonchev–Trinajstić information content (AvgIpc) is 2.68. The molecule has 2 aliphatic rings. The van der Waals surface area contributed by atoms with Gasteiger partial charge in [-0.3, -0.25) is 4.79 Å². The highest BCUT2D eigenvalue weighted by Crippen LogP contribution is 2.28. The summed E-state index contributed by atoms with van der Waals surface area (Å²) in [5, 5.41) is 6.40. The monoisotopic (exact) mass is 466 g/mol. The molecule has 0 unspecified atom stereocenters. The minimum Gasteiger partial charge on any atom is -0.371 e. The first-order valence-corrected chi connectivity index (χ1v) is 11.2. The molecule has 2 heterocycles. The Kier molecular flexibility index (Phi) is 10.2. The van der Waals surface area contributed by atoms with E-state index < -0.39 is 10.0 Å². The first-order chi connectivity index (χ1) is 12.9. The number of halogens is 2. The summed E-state index contributed by atoms with van der Waals surface area (Å²) < 4.78 is 26.3. The second kappa shape index (κ2) is 11.4. The molecular formula is C19H32Cl2N4O3S. The molecule has 7 nitrogen and oxygen atoms in total. The second-order valence-electron chi connectivity index (χ2n) is 7.51. The third-order valence-corrected chi connectivity index (χ3v) is 7.17. The minimum absolute atomic E-state index is 0. The van der Waals surface area contributed by atoms with Gasteiger partial charge in [-0.1, -0.05) is 0 Å². The summed E-state index contributed by atoms with van der Waals surface area (Å²) in [6.07, 6.45) is 5.15. The van der Waals surface area contributed by atoms with Gasteiger partial charge in [-0.25, -0.2) is 12.7 Å². The van der Waals surface area contributed by atoms with Crippen LogP contribution in [0.3, 0.4) is 0 Å². The number of nitrogens with one attached hydrogen (secondary N) is 2. The van der Waals surface area contributed by atoms with E-state index in [2.05, 4.69) is 15.5 Å². The molecule has 2 aliphatic heterocycles.